The molecule has 0 unspecified atom stereocenters. The Morgan fingerprint density at radius 3 is 2.61 bits per heavy atom. The topological polar surface area (TPSA) is 64.9 Å². The third-order valence-electron chi connectivity index (χ3n) is 2.07. The van der Waals surface area contributed by atoms with E-state index in [2.05, 4.69) is 10.6 Å². The van der Waals surface area contributed by atoms with E-state index in [0.29, 0.717) is 0 Å². The Balaban J connectivity index is 3.05. The zero-order chi connectivity index (χ0) is 13.8. The third kappa shape index (κ3) is 3.46. The second kappa shape index (κ2) is 5.51. The summed E-state index contributed by atoms with van der Waals surface area (Å²) in [5.41, 5.74) is -1.54. The van der Waals surface area contributed by atoms with E-state index in [4.69, 9.17) is 5.26 Å². The smallest absolute Gasteiger partial charge is 0.325 e. The van der Waals surface area contributed by atoms with Gasteiger partial charge in [0.15, 0.2) is 0 Å². The summed E-state index contributed by atoms with van der Waals surface area (Å²) in [5, 5.41) is 13.5. The van der Waals surface area contributed by atoms with Crippen LogP contribution in [-0.4, -0.2) is 19.5 Å². The number of hydrogen-bond acceptors (Lipinski definition) is 3. The van der Waals surface area contributed by atoms with Crippen molar-refractivity contribution in [1.82, 2.24) is 5.32 Å². The largest absolute Gasteiger partial charge is 0.417 e. The normalized spacial score (nSPS) is 10.8. The average Bonchev–Trinajstić information content (AvgIpc) is 2.28. The van der Waals surface area contributed by atoms with Crippen molar-refractivity contribution in [3.05, 3.63) is 29.3 Å². The molecule has 0 fully saturated rings. The van der Waals surface area contributed by atoms with Gasteiger partial charge in [-0.25, -0.2) is 0 Å². The highest BCUT2D eigenvalue weighted by Crippen LogP contribution is 2.33. The fraction of sp³-hybridized carbons (Fsp3) is 0.273. The second-order valence-electron chi connectivity index (χ2n) is 3.45. The van der Waals surface area contributed by atoms with Gasteiger partial charge in [0, 0.05) is 5.69 Å². The highest BCUT2D eigenvalue weighted by molar-refractivity contribution is 5.92. The maximum Gasteiger partial charge on any atom is 0.417 e. The number of amides is 1. The lowest BCUT2D eigenvalue weighted by Gasteiger charge is -2.11. The van der Waals surface area contributed by atoms with Crippen molar-refractivity contribution in [2.24, 2.45) is 0 Å². The standard InChI is InChI=1S/C11H10F3N3O/c1-16-6-10(18)17-8-3-2-7(5-15)9(4-8)11(12,13)14/h2-4,16H,6H2,1H3,(H,17,18). The summed E-state index contributed by atoms with van der Waals surface area (Å²) in [5.74, 6) is -0.463. The minimum absolute atomic E-state index is 0.00146. The number of carbonyl (C=O) groups excluding carboxylic acids is 1. The number of likely N-dealkylation sites (N-methyl/N-ethyl adjacent to an activating group) is 1. The summed E-state index contributed by atoms with van der Waals surface area (Å²) in [7, 11) is 1.54. The Labute approximate surface area is 101 Å². The van der Waals surface area contributed by atoms with Crippen LogP contribution in [0.4, 0.5) is 18.9 Å². The molecule has 0 radical (unpaired) electrons. The summed E-state index contributed by atoms with van der Waals surface area (Å²) in [6, 6.07) is 4.48. The van der Waals surface area contributed by atoms with E-state index in [1.807, 2.05) is 0 Å². The van der Waals surface area contributed by atoms with Gasteiger partial charge in [0.1, 0.15) is 0 Å². The highest BCUT2D eigenvalue weighted by atomic mass is 19.4. The van der Waals surface area contributed by atoms with Gasteiger partial charge in [-0.1, -0.05) is 0 Å². The fourth-order valence-corrected chi connectivity index (χ4v) is 1.32. The van der Waals surface area contributed by atoms with Crippen LogP contribution in [0.2, 0.25) is 0 Å². The van der Waals surface area contributed by atoms with Gasteiger partial charge in [-0.2, -0.15) is 18.4 Å². The Hall–Kier alpha value is -2.07. The van der Waals surface area contributed by atoms with Crippen LogP contribution in [0, 0.1) is 11.3 Å². The van der Waals surface area contributed by atoms with Crippen molar-refractivity contribution in [1.29, 1.82) is 5.26 Å². The minimum Gasteiger partial charge on any atom is -0.325 e. The van der Waals surface area contributed by atoms with E-state index in [1.54, 1.807) is 7.05 Å². The summed E-state index contributed by atoms with van der Waals surface area (Å²) in [6.45, 7) is -0.0125. The van der Waals surface area contributed by atoms with E-state index in [-0.39, 0.29) is 12.2 Å². The van der Waals surface area contributed by atoms with E-state index in [0.717, 1.165) is 12.1 Å². The van der Waals surface area contributed by atoms with Gasteiger partial charge in [-0.15, -0.1) is 0 Å². The van der Waals surface area contributed by atoms with Crippen molar-refractivity contribution >= 4 is 11.6 Å². The first-order valence-corrected chi connectivity index (χ1v) is 4.94. The monoisotopic (exact) mass is 257 g/mol. The van der Waals surface area contributed by atoms with Crippen LogP contribution in [0.25, 0.3) is 0 Å². The molecule has 1 aromatic carbocycles. The molecule has 0 aliphatic rings. The van der Waals surface area contributed by atoms with Gasteiger partial charge in [-0.05, 0) is 25.2 Å². The molecule has 0 aliphatic heterocycles. The summed E-state index contributed by atoms with van der Waals surface area (Å²) < 4.78 is 37.9. The van der Waals surface area contributed by atoms with Crippen LogP contribution in [0.15, 0.2) is 18.2 Å². The zero-order valence-corrected chi connectivity index (χ0v) is 9.43. The highest BCUT2D eigenvalue weighted by Gasteiger charge is 2.33. The lowest BCUT2D eigenvalue weighted by atomic mass is 10.1. The Morgan fingerprint density at radius 1 is 1.44 bits per heavy atom. The van der Waals surface area contributed by atoms with E-state index in [1.165, 1.54) is 12.1 Å². The zero-order valence-electron chi connectivity index (χ0n) is 9.43. The number of nitrogens with one attached hydrogen (secondary N) is 2. The molecule has 18 heavy (non-hydrogen) atoms. The van der Waals surface area contributed by atoms with E-state index >= 15 is 0 Å². The number of rotatable bonds is 3. The average molecular weight is 257 g/mol. The SMILES string of the molecule is CNCC(=O)Nc1ccc(C#N)c(C(F)(F)F)c1. The Kier molecular flexibility index (Phi) is 4.28. The molecule has 0 bridgehead atoms. The molecule has 2 N–H and O–H groups in total. The van der Waals surface area contributed by atoms with E-state index < -0.39 is 23.2 Å². The maximum absolute atomic E-state index is 12.6. The number of alkyl halides is 3. The Morgan fingerprint density at radius 2 is 2.11 bits per heavy atom. The minimum atomic E-state index is -4.63. The molecule has 0 atom stereocenters. The first kappa shape index (κ1) is 14.0. The molecule has 4 nitrogen and oxygen atoms in total. The van der Waals surface area contributed by atoms with Gasteiger partial charge < -0.3 is 10.6 Å². The molecule has 0 heterocycles. The number of nitrogens with zero attached hydrogens (tertiary/aromatic N) is 1. The maximum atomic E-state index is 12.6. The van der Waals surface area contributed by atoms with Crippen molar-refractivity contribution in [3.63, 3.8) is 0 Å². The lowest BCUT2D eigenvalue weighted by Crippen LogP contribution is -2.25. The summed E-state index contributed by atoms with van der Waals surface area (Å²) in [4.78, 5) is 11.2. The Bertz CT molecular complexity index is 491. The quantitative estimate of drug-likeness (QED) is 0.866. The predicted molar refractivity (Wildman–Crippen MR) is 58.7 cm³/mol. The predicted octanol–water partition coefficient (Wildman–Crippen LogP) is 1.73. The third-order valence-corrected chi connectivity index (χ3v) is 2.07. The van der Waals surface area contributed by atoms with Crippen molar-refractivity contribution < 1.29 is 18.0 Å². The number of carbonyl (C=O) groups is 1. The van der Waals surface area contributed by atoms with Crippen LogP contribution >= 0.6 is 0 Å². The van der Waals surface area contributed by atoms with Crippen LogP contribution in [0.5, 0.6) is 0 Å². The molecule has 1 amide bonds. The molecule has 0 saturated carbocycles. The summed E-state index contributed by atoms with van der Waals surface area (Å²) in [6.07, 6.45) is -4.63. The molecule has 1 rings (SSSR count). The van der Waals surface area contributed by atoms with Crippen LogP contribution in [0.3, 0.4) is 0 Å². The van der Waals surface area contributed by atoms with Gasteiger partial charge in [0.2, 0.25) is 5.91 Å². The number of nitriles is 1. The molecule has 0 aliphatic carbocycles. The van der Waals surface area contributed by atoms with Gasteiger partial charge in [0.25, 0.3) is 0 Å². The molecular weight excluding hydrogens is 247 g/mol. The molecule has 1 aromatic rings. The lowest BCUT2D eigenvalue weighted by molar-refractivity contribution is -0.137. The first-order chi connectivity index (χ1) is 8.38. The molecule has 0 aromatic heterocycles. The van der Waals surface area contributed by atoms with E-state index in [9.17, 15) is 18.0 Å². The molecule has 0 saturated heterocycles. The van der Waals surface area contributed by atoms with Crippen molar-refractivity contribution in [3.8, 4) is 6.07 Å². The number of benzene rings is 1. The van der Waals surface area contributed by atoms with Crippen molar-refractivity contribution in [2.75, 3.05) is 18.9 Å². The second-order valence-corrected chi connectivity index (χ2v) is 3.45. The van der Waals surface area contributed by atoms with Crippen molar-refractivity contribution in [2.45, 2.75) is 6.18 Å². The molecular formula is C11H10F3N3O. The van der Waals surface area contributed by atoms with Crippen LogP contribution < -0.4 is 10.6 Å². The molecule has 7 heteroatoms. The van der Waals surface area contributed by atoms with Crippen LogP contribution in [-0.2, 0) is 11.0 Å². The van der Waals surface area contributed by atoms with Gasteiger partial charge in [0.05, 0.1) is 23.7 Å². The number of anilines is 1. The van der Waals surface area contributed by atoms with Gasteiger partial charge in [-0.3, -0.25) is 4.79 Å². The fourth-order valence-electron chi connectivity index (χ4n) is 1.32. The van der Waals surface area contributed by atoms with Crippen LogP contribution in [0.1, 0.15) is 11.1 Å². The first-order valence-electron chi connectivity index (χ1n) is 4.94. The van der Waals surface area contributed by atoms with Gasteiger partial charge >= 0.3 is 6.18 Å². The molecule has 0 spiro atoms. The number of hydrogen-bond donors (Lipinski definition) is 2. The summed E-state index contributed by atoms with van der Waals surface area (Å²) >= 11 is 0. The molecule has 96 valence electrons. The number of halogens is 3.